The Bertz CT molecular complexity index is 378. The SMILES string of the molecule is CNCCCC(=O)Nc1ccc(OC)c(C)c1. The van der Waals surface area contributed by atoms with Crippen LogP contribution < -0.4 is 15.4 Å². The summed E-state index contributed by atoms with van der Waals surface area (Å²) in [5.41, 5.74) is 1.83. The lowest BCUT2D eigenvalue weighted by molar-refractivity contribution is -0.116. The van der Waals surface area contributed by atoms with Gasteiger partial charge < -0.3 is 15.4 Å². The van der Waals surface area contributed by atoms with Crippen LogP contribution in [-0.2, 0) is 4.79 Å². The third-order valence-corrected chi connectivity index (χ3v) is 2.51. The average Bonchev–Trinajstić information content (AvgIpc) is 2.29. The van der Waals surface area contributed by atoms with Gasteiger partial charge in [0.1, 0.15) is 5.75 Å². The predicted molar refractivity (Wildman–Crippen MR) is 69.5 cm³/mol. The molecule has 0 aliphatic heterocycles. The maximum absolute atomic E-state index is 11.6. The highest BCUT2D eigenvalue weighted by atomic mass is 16.5. The molecule has 1 amide bonds. The molecule has 0 saturated heterocycles. The van der Waals surface area contributed by atoms with Crippen molar-refractivity contribution in [2.24, 2.45) is 0 Å². The van der Waals surface area contributed by atoms with Gasteiger partial charge >= 0.3 is 0 Å². The summed E-state index contributed by atoms with van der Waals surface area (Å²) in [5, 5.41) is 5.89. The fourth-order valence-electron chi connectivity index (χ4n) is 1.61. The molecule has 4 nitrogen and oxygen atoms in total. The van der Waals surface area contributed by atoms with Crippen LogP contribution in [0.4, 0.5) is 5.69 Å². The van der Waals surface area contributed by atoms with E-state index in [-0.39, 0.29) is 5.91 Å². The van der Waals surface area contributed by atoms with Crippen molar-refractivity contribution in [1.82, 2.24) is 5.32 Å². The van der Waals surface area contributed by atoms with E-state index in [4.69, 9.17) is 4.74 Å². The molecular weight excluding hydrogens is 216 g/mol. The van der Waals surface area contributed by atoms with Gasteiger partial charge in [0.05, 0.1) is 7.11 Å². The lowest BCUT2D eigenvalue weighted by atomic mass is 10.2. The molecule has 0 radical (unpaired) electrons. The van der Waals surface area contributed by atoms with E-state index in [2.05, 4.69) is 10.6 Å². The van der Waals surface area contributed by atoms with Gasteiger partial charge in [0, 0.05) is 12.1 Å². The van der Waals surface area contributed by atoms with Crippen molar-refractivity contribution in [3.63, 3.8) is 0 Å². The lowest BCUT2D eigenvalue weighted by Crippen LogP contribution is -2.15. The van der Waals surface area contributed by atoms with E-state index in [1.54, 1.807) is 7.11 Å². The van der Waals surface area contributed by atoms with Gasteiger partial charge in [0.2, 0.25) is 5.91 Å². The molecule has 1 rings (SSSR count). The summed E-state index contributed by atoms with van der Waals surface area (Å²) < 4.78 is 5.16. The largest absolute Gasteiger partial charge is 0.496 e. The summed E-state index contributed by atoms with van der Waals surface area (Å²) in [5.74, 6) is 0.878. The van der Waals surface area contributed by atoms with Gasteiger partial charge in [-0.25, -0.2) is 0 Å². The zero-order valence-corrected chi connectivity index (χ0v) is 10.7. The van der Waals surface area contributed by atoms with Crippen molar-refractivity contribution in [1.29, 1.82) is 0 Å². The van der Waals surface area contributed by atoms with Crippen LogP contribution in [0.15, 0.2) is 18.2 Å². The Balaban J connectivity index is 2.51. The summed E-state index contributed by atoms with van der Waals surface area (Å²) >= 11 is 0. The maximum atomic E-state index is 11.6. The molecule has 0 heterocycles. The topological polar surface area (TPSA) is 50.4 Å². The molecule has 4 heteroatoms. The van der Waals surface area contributed by atoms with Crippen LogP contribution in [0.1, 0.15) is 18.4 Å². The molecule has 1 aromatic rings. The molecule has 2 N–H and O–H groups in total. The molecule has 0 unspecified atom stereocenters. The zero-order chi connectivity index (χ0) is 12.7. The smallest absolute Gasteiger partial charge is 0.224 e. The Hall–Kier alpha value is -1.55. The monoisotopic (exact) mass is 236 g/mol. The number of nitrogens with one attached hydrogen (secondary N) is 2. The quantitative estimate of drug-likeness (QED) is 0.742. The summed E-state index contributed by atoms with van der Waals surface area (Å²) in [6, 6.07) is 5.62. The number of methoxy groups -OCH3 is 1. The predicted octanol–water partition coefficient (Wildman–Crippen LogP) is 1.94. The van der Waals surface area contributed by atoms with E-state index in [1.165, 1.54) is 0 Å². The van der Waals surface area contributed by atoms with Gasteiger partial charge in [0.15, 0.2) is 0 Å². The molecule has 0 aliphatic carbocycles. The fourth-order valence-corrected chi connectivity index (χ4v) is 1.61. The maximum Gasteiger partial charge on any atom is 0.224 e. The van der Waals surface area contributed by atoms with Crippen LogP contribution >= 0.6 is 0 Å². The standard InChI is InChI=1S/C13H20N2O2/c1-10-9-11(6-7-12(10)17-3)15-13(16)5-4-8-14-2/h6-7,9,14H,4-5,8H2,1-3H3,(H,15,16). The molecule has 94 valence electrons. The number of hydrogen-bond acceptors (Lipinski definition) is 3. The molecule has 1 aromatic carbocycles. The van der Waals surface area contributed by atoms with Gasteiger partial charge in [-0.05, 0) is 50.7 Å². The second-order valence-corrected chi connectivity index (χ2v) is 3.94. The Kier molecular flexibility index (Phi) is 5.49. The van der Waals surface area contributed by atoms with E-state index in [9.17, 15) is 4.79 Å². The number of ether oxygens (including phenoxy) is 1. The normalized spacial score (nSPS) is 10.1. The van der Waals surface area contributed by atoms with Crippen LogP contribution in [-0.4, -0.2) is 26.6 Å². The Morgan fingerprint density at radius 3 is 2.76 bits per heavy atom. The minimum absolute atomic E-state index is 0.0461. The number of rotatable bonds is 6. The van der Waals surface area contributed by atoms with E-state index in [1.807, 2.05) is 32.2 Å². The second kappa shape index (κ2) is 6.91. The highest BCUT2D eigenvalue weighted by molar-refractivity contribution is 5.90. The first-order chi connectivity index (χ1) is 8.17. The average molecular weight is 236 g/mol. The zero-order valence-electron chi connectivity index (χ0n) is 10.7. The molecule has 0 spiro atoms. The van der Waals surface area contributed by atoms with Gasteiger partial charge in [0.25, 0.3) is 0 Å². The summed E-state index contributed by atoms with van der Waals surface area (Å²) in [7, 11) is 3.52. The number of anilines is 1. The van der Waals surface area contributed by atoms with E-state index < -0.39 is 0 Å². The lowest BCUT2D eigenvalue weighted by Gasteiger charge is -2.08. The summed E-state index contributed by atoms with van der Waals surface area (Å²) in [6.45, 7) is 2.81. The Morgan fingerprint density at radius 2 is 2.18 bits per heavy atom. The molecule has 17 heavy (non-hydrogen) atoms. The van der Waals surface area contributed by atoms with Crippen LogP contribution in [0.25, 0.3) is 0 Å². The molecular formula is C13H20N2O2. The number of carbonyl (C=O) groups is 1. The molecule has 0 aromatic heterocycles. The molecule has 0 atom stereocenters. The van der Waals surface area contributed by atoms with Crippen molar-refractivity contribution in [3.8, 4) is 5.75 Å². The molecule has 0 aliphatic rings. The van der Waals surface area contributed by atoms with Crippen molar-refractivity contribution in [3.05, 3.63) is 23.8 Å². The second-order valence-electron chi connectivity index (χ2n) is 3.94. The third kappa shape index (κ3) is 4.44. The highest BCUT2D eigenvalue weighted by Crippen LogP contribution is 2.21. The van der Waals surface area contributed by atoms with Crippen LogP contribution in [0.2, 0.25) is 0 Å². The fraction of sp³-hybridized carbons (Fsp3) is 0.462. The van der Waals surface area contributed by atoms with Gasteiger partial charge in [-0.3, -0.25) is 4.79 Å². The minimum Gasteiger partial charge on any atom is -0.496 e. The molecule has 0 bridgehead atoms. The van der Waals surface area contributed by atoms with Crippen LogP contribution in [0.5, 0.6) is 5.75 Å². The van der Waals surface area contributed by atoms with E-state index in [0.717, 1.165) is 30.0 Å². The number of carbonyl (C=O) groups excluding carboxylic acids is 1. The van der Waals surface area contributed by atoms with E-state index >= 15 is 0 Å². The number of aryl methyl sites for hydroxylation is 1. The first-order valence-electron chi connectivity index (χ1n) is 5.76. The summed E-state index contributed by atoms with van der Waals surface area (Å²) in [6.07, 6.45) is 1.38. The van der Waals surface area contributed by atoms with Crippen molar-refractivity contribution in [2.45, 2.75) is 19.8 Å². The highest BCUT2D eigenvalue weighted by Gasteiger charge is 2.04. The number of amides is 1. The van der Waals surface area contributed by atoms with Crippen LogP contribution in [0.3, 0.4) is 0 Å². The Labute approximate surface area is 102 Å². The third-order valence-electron chi connectivity index (χ3n) is 2.51. The summed E-state index contributed by atoms with van der Waals surface area (Å²) in [4.78, 5) is 11.6. The Morgan fingerprint density at radius 1 is 1.41 bits per heavy atom. The van der Waals surface area contributed by atoms with Crippen molar-refractivity contribution < 1.29 is 9.53 Å². The van der Waals surface area contributed by atoms with Gasteiger partial charge in [-0.1, -0.05) is 0 Å². The molecule has 0 fully saturated rings. The van der Waals surface area contributed by atoms with Gasteiger partial charge in [-0.2, -0.15) is 0 Å². The van der Waals surface area contributed by atoms with E-state index in [0.29, 0.717) is 6.42 Å². The first-order valence-corrected chi connectivity index (χ1v) is 5.76. The van der Waals surface area contributed by atoms with Gasteiger partial charge in [-0.15, -0.1) is 0 Å². The van der Waals surface area contributed by atoms with Crippen LogP contribution in [0, 0.1) is 6.92 Å². The number of benzene rings is 1. The first kappa shape index (κ1) is 13.5. The molecule has 0 saturated carbocycles. The van der Waals surface area contributed by atoms with Crippen molar-refractivity contribution >= 4 is 11.6 Å². The van der Waals surface area contributed by atoms with Crippen molar-refractivity contribution in [2.75, 3.05) is 26.0 Å². The number of hydrogen-bond donors (Lipinski definition) is 2. The minimum atomic E-state index is 0.0461.